The fraction of sp³-hybridized carbons (Fsp3) is 1.00. The molecule has 0 radical (unpaired) electrons. The van der Waals surface area contributed by atoms with E-state index in [4.69, 9.17) is 5.73 Å². The largest absolute Gasteiger partial charge is 0.330 e. The van der Waals surface area contributed by atoms with Gasteiger partial charge in [0.15, 0.2) is 0 Å². The molecule has 0 aliphatic heterocycles. The van der Waals surface area contributed by atoms with Crippen LogP contribution in [0.4, 0.5) is 0 Å². The van der Waals surface area contributed by atoms with E-state index in [-0.39, 0.29) is 0 Å². The normalized spacial score (nSPS) is 17.4. The summed E-state index contributed by atoms with van der Waals surface area (Å²) < 4.78 is 0. The lowest BCUT2D eigenvalue weighted by Gasteiger charge is -2.20. The van der Waals surface area contributed by atoms with Crippen molar-refractivity contribution in [2.75, 3.05) is 6.54 Å². The predicted molar refractivity (Wildman–Crippen MR) is 69.9 cm³/mol. The highest BCUT2D eigenvalue weighted by Gasteiger charge is 2.11. The topological polar surface area (TPSA) is 26.0 Å². The van der Waals surface area contributed by atoms with Gasteiger partial charge in [-0.25, -0.2) is 0 Å². The summed E-state index contributed by atoms with van der Waals surface area (Å²) >= 11 is 0. The Balaban J connectivity index is 3.65. The molecular weight excluding hydrogens is 182 g/mol. The van der Waals surface area contributed by atoms with Crippen molar-refractivity contribution < 1.29 is 0 Å². The third-order valence-corrected chi connectivity index (χ3v) is 3.74. The van der Waals surface area contributed by atoms with Gasteiger partial charge >= 0.3 is 0 Å². The fourth-order valence-electron chi connectivity index (χ4n) is 2.18. The number of rotatable bonds is 9. The van der Waals surface area contributed by atoms with Crippen LogP contribution >= 0.6 is 0 Å². The van der Waals surface area contributed by atoms with Crippen molar-refractivity contribution in [3.8, 4) is 0 Å². The molecule has 0 saturated carbocycles. The SMILES string of the molecule is CCC(CCN)CC(C)CC[C@H](C)CC. The van der Waals surface area contributed by atoms with Gasteiger partial charge < -0.3 is 5.73 Å². The molecule has 0 aromatic heterocycles. The van der Waals surface area contributed by atoms with Gasteiger partial charge in [-0.3, -0.25) is 0 Å². The van der Waals surface area contributed by atoms with Crippen LogP contribution in [0, 0.1) is 17.8 Å². The molecule has 0 rings (SSSR count). The monoisotopic (exact) mass is 213 g/mol. The quantitative estimate of drug-likeness (QED) is 0.610. The summed E-state index contributed by atoms with van der Waals surface area (Å²) in [6.45, 7) is 10.2. The highest BCUT2D eigenvalue weighted by Crippen LogP contribution is 2.23. The predicted octanol–water partition coefficient (Wildman–Crippen LogP) is 4.21. The first-order valence-electron chi connectivity index (χ1n) is 6.83. The zero-order valence-corrected chi connectivity index (χ0v) is 11.3. The van der Waals surface area contributed by atoms with Crippen molar-refractivity contribution in [1.82, 2.24) is 0 Å². The Bertz CT molecular complexity index is 133. The van der Waals surface area contributed by atoms with E-state index < -0.39 is 0 Å². The smallest absolute Gasteiger partial charge is 0.00746 e. The molecule has 0 saturated heterocycles. The van der Waals surface area contributed by atoms with Crippen LogP contribution in [0.5, 0.6) is 0 Å². The molecule has 92 valence electrons. The van der Waals surface area contributed by atoms with E-state index in [2.05, 4.69) is 27.7 Å². The third-order valence-electron chi connectivity index (χ3n) is 3.74. The molecule has 15 heavy (non-hydrogen) atoms. The summed E-state index contributed by atoms with van der Waals surface area (Å²) in [6.07, 6.45) is 8.01. The molecule has 1 nitrogen and oxygen atoms in total. The Labute approximate surface area is 96.8 Å². The van der Waals surface area contributed by atoms with E-state index in [0.29, 0.717) is 0 Å². The van der Waals surface area contributed by atoms with Crippen LogP contribution in [0.25, 0.3) is 0 Å². The van der Waals surface area contributed by atoms with E-state index in [9.17, 15) is 0 Å². The average Bonchev–Trinajstić information content (AvgIpc) is 2.25. The molecule has 0 bridgehead atoms. The lowest BCUT2D eigenvalue weighted by Crippen LogP contribution is -2.12. The average molecular weight is 213 g/mol. The zero-order valence-electron chi connectivity index (χ0n) is 11.3. The van der Waals surface area contributed by atoms with Gasteiger partial charge in [-0.2, -0.15) is 0 Å². The highest BCUT2D eigenvalue weighted by atomic mass is 14.5. The van der Waals surface area contributed by atoms with Gasteiger partial charge in [-0.15, -0.1) is 0 Å². The van der Waals surface area contributed by atoms with Crippen molar-refractivity contribution in [1.29, 1.82) is 0 Å². The van der Waals surface area contributed by atoms with Crippen molar-refractivity contribution in [2.24, 2.45) is 23.5 Å². The Hall–Kier alpha value is -0.0400. The highest BCUT2D eigenvalue weighted by molar-refractivity contribution is 4.64. The van der Waals surface area contributed by atoms with Gasteiger partial charge in [-0.05, 0) is 37.1 Å². The number of hydrogen-bond donors (Lipinski definition) is 1. The van der Waals surface area contributed by atoms with Crippen LogP contribution in [0.3, 0.4) is 0 Å². The van der Waals surface area contributed by atoms with Crippen molar-refractivity contribution in [3.63, 3.8) is 0 Å². The minimum atomic E-state index is 0.858. The molecule has 0 aliphatic carbocycles. The van der Waals surface area contributed by atoms with Gasteiger partial charge in [-0.1, -0.05) is 53.4 Å². The van der Waals surface area contributed by atoms with Crippen LogP contribution in [-0.2, 0) is 0 Å². The van der Waals surface area contributed by atoms with Gasteiger partial charge in [0, 0.05) is 0 Å². The molecule has 0 aliphatic rings. The summed E-state index contributed by atoms with van der Waals surface area (Å²) in [5, 5.41) is 0. The minimum Gasteiger partial charge on any atom is -0.330 e. The number of hydrogen-bond acceptors (Lipinski definition) is 1. The molecule has 0 amide bonds. The van der Waals surface area contributed by atoms with Crippen molar-refractivity contribution in [2.45, 2.75) is 66.2 Å². The van der Waals surface area contributed by atoms with Gasteiger partial charge in [0.1, 0.15) is 0 Å². The first kappa shape index (κ1) is 15.0. The Morgan fingerprint density at radius 3 is 1.93 bits per heavy atom. The van der Waals surface area contributed by atoms with Crippen LogP contribution in [-0.4, -0.2) is 6.54 Å². The molecule has 0 aromatic carbocycles. The second kappa shape index (κ2) is 9.21. The fourth-order valence-corrected chi connectivity index (χ4v) is 2.18. The Morgan fingerprint density at radius 1 is 0.867 bits per heavy atom. The maximum absolute atomic E-state index is 5.62. The van der Waals surface area contributed by atoms with Crippen LogP contribution in [0.15, 0.2) is 0 Å². The van der Waals surface area contributed by atoms with Crippen molar-refractivity contribution in [3.05, 3.63) is 0 Å². The molecule has 0 heterocycles. The standard InChI is InChI=1S/C14H31N/c1-5-12(3)7-8-13(4)11-14(6-2)9-10-15/h12-14H,5-11,15H2,1-4H3/t12-,13?,14?/m1/s1. The molecule has 3 atom stereocenters. The van der Waals surface area contributed by atoms with E-state index in [1.54, 1.807) is 0 Å². The Morgan fingerprint density at radius 2 is 1.47 bits per heavy atom. The van der Waals surface area contributed by atoms with E-state index in [1.165, 1.54) is 38.5 Å². The van der Waals surface area contributed by atoms with Gasteiger partial charge in [0.2, 0.25) is 0 Å². The zero-order chi connectivity index (χ0) is 11.7. The van der Waals surface area contributed by atoms with E-state index in [0.717, 1.165) is 24.3 Å². The maximum atomic E-state index is 5.62. The lowest BCUT2D eigenvalue weighted by atomic mass is 9.87. The second-order valence-corrected chi connectivity index (χ2v) is 5.28. The molecular formula is C14H31N. The maximum Gasteiger partial charge on any atom is -0.00746 e. The molecule has 1 heteroatoms. The molecule has 0 spiro atoms. The first-order valence-corrected chi connectivity index (χ1v) is 6.83. The molecule has 0 fully saturated rings. The third kappa shape index (κ3) is 7.84. The van der Waals surface area contributed by atoms with Crippen molar-refractivity contribution >= 4 is 0 Å². The molecule has 2 unspecified atom stereocenters. The molecule has 2 N–H and O–H groups in total. The lowest BCUT2D eigenvalue weighted by molar-refractivity contribution is 0.327. The summed E-state index contributed by atoms with van der Waals surface area (Å²) in [4.78, 5) is 0. The summed E-state index contributed by atoms with van der Waals surface area (Å²) in [5.74, 6) is 2.65. The summed E-state index contributed by atoms with van der Waals surface area (Å²) in [7, 11) is 0. The minimum absolute atomic E-state index is 0.858. The summed E-state index contributed by atoms with van der Waals surface area (Å²) in [6, 6.07) is 0. The van der Waals surface area contributed by atoms with Gasteiger partial charge in [0.05, 0.1) is 0 Å². The number of nitrogens with two attached hydrogens (primary N) is 1. The van der Waals surface area contributed by atoms with E-state index in [1.807, 2.05) is 0 Å². The molecule has 0 aromatic rings. The Kier molecular flexibility index (Phi) is 9.18. The van der Waals surface area contributed by atoms with Crippen LogP contribution in [0.2, 0.25) is 0 Å². The first-order chi connectivity index (χ1) is 7.13. The summed E-state index contributed by atoms with van der Waals surface area (Å²) in [5.41, 5.74) is 5.62. The second-order valence-electron chi connectivity index (χ2n) is 5.28. The van der Waals surface area contributed by atoms with Crippen LogP contribution in [0.1, 0.15) is 66.2 Å². The van der Waals surface area contributed by atoms with E-state index >= 15 is 0 Å². The van der Waals surface area contributed by atoms with Crippen LogP contribution < -0.4 is 5.73 Å². The van der Waals surface area contributed by atoms with Gasteiger partial charge in [0.25, 0.3) is 0 Å².